The summed E-state index contributed by atoms with van der Waals surface area (Å²) in [4.78, 5) is 11.8. The summed E-state index contributed by atoms with van der Waals surface area (Å²) in [5.74, 6) is 0.178. The summed E-state index contributed by atoms with van der Waals surface area (Å²) in [6.07, 6.45) is -0.929. The minimum atomic E-state index is -0.929. The molecule has 0 saturated carbocycles. The smallest absolute Gasteiger partial charge is 0.311 e. The molecule has 0 aromatic heterocycles. The van der Waals surface area contributed by atoms with E-state index in [2.05, 4.69) is 0 Å². The van der Waals surface area contributed by atoms with Gasteiger partial charge < -0.3 is 19.3 Å². The van der Waals surface area contributed by atoms with E-state index in [1.54, 1.807) is 18.2 Å². The number of hydrogen-bond donors (Lipinski definition) is 1. The van der Waals surface area contributed by atoms with Gasteiger partial charge in [-0.05, 0) is 23.6 Å². The average Bonchev–Trinajstić information content (AvgIpc) is 2.85. The highest BCUT2D eigenvalue weighted by Gasteiger charge is 2.32. The van der Waals surface area contributed by atoms with Crippen molar-refractivity contribution in [3.05, 3.63) is 23.8 Å². The number of benzene rings is 1. The van der Waals surface area contributed by atoms with Crippen LogP contribution in [0.5, 0.6) is 11.5 Å². The van der Waals surface area contributed by atoms with E-state index in [4.69, 9.17) is 14.2 Å². The highest BCUT2D eigenvalue weighted by atomic mass is 16.7. The molecule has 5 nitrogen and oxygen atoms in total. The summed E-state index contributed by atoms with van der Waals surface area (Å²) in [7, 11) is 1.32. The normalized spacial score (nSPS) is 16.3. The molecule has 2 rings (SSSR count). The van der Waals surface area contributed by atoms with E-state index in [0.29, 0.717) is 17.1 Å². The number of carbonyl (C=O) groups is 1. The molecule has 0 spiro atoms. The predicted octanol–water partition coefficient (Wildman–Crippen LogP) is 1.89. The fourth-order valence-electron chi connectivity index (χ4n) is 2.21. The Morgan fingerprint density at radius 3 is 2.63 bits per heavy atom. The quantitative estimate of drug-likeness (QED) is 0.843. The molecular formula is C14H18O5. The van der Waals surface area contributed by atoms with Crippen molar-refractivity contribution in [3.8, 4) is 11.5 Å². The van der Waals surface area contributed by atoms with Crippen molar-refractivity contribution in [2.75, 3.05) is 13.9 Å². The first-order valence-electron chi connectivity index (χ1n) is 6.20. The van der Waals surface area contributed by atoms with Crippen LogP contribution in [0.2, 0.25) is 0 Å². The third-order valence-corrected chi connectivity index (χ3v) is 3.27. The van der Waals surface area contributed by atoms with Crippen molar-refractivity contribution in [1.82, 2.24) is 0 Å². The molecule has 0 amide bonds. The maximum Gasteiger partial charge on any atom is 0.311 e. The van der Waals surface area contributed by atoms with Crippen molar-refractivity contribution >= 4 is 5.97 Å². The molecule has 104 valence electrons. The van der Waals surface area contributed by atoms with E-state index in [-0.39, 0.29) is 12.7 Å². The Morgan fingerprint density at radius 1 is 1.32 bits per heavy atom. The van der Waals surface area contributed by atoms with Crippen molar-refractivity contribution in [3.63, 3.8) is 0 Å². The molecule has 2 atom stereocenters. The second-order valence-electron chi connectivity index (χ2n) is 4.85. The highest BCUT2D eigenvalue weighted by Crippen LogP contribution is 2.37. The number of rotatable bonds is 4. The SMILES string of the molecule is COC(=O)C(C(C)C)C(O)c1ccc2c(c1)OCO2. The van der Waals surface area contributed by atoms with Crippen LogP contribution in [0.25, 0.3) is 0 Å². The van der Waals surface area contributed by atoms with Gasteiger partial charge in [-0.25, -0.2) is 0 Å². The number of methoxy groups -OCH3 is 1. The summed E-state index contributed by atoms with van der Waals surface area (Å²) < 4.78 is 15.2. The summed E-state index contributed by atoms with van der Waals surface area (Å²) in [6, 6.07) is 5.16. The Kier molecular flexibility index (Phi) is 3.95. The monoisotopic (exact) mass is 266 g/mol. The predicted molar refractivity (Wildman–Crippen MR) is 67.9 cm³/mol. The zero-order chi connectivity index (χ0) is 14.0. The number of aliphatic hydroxyl groups excluding tert-OH is 1. The standard InChI is InChI=1S/C14H18O5/c1-8(2)12(14(16)17-3)13(15)9-4-5-10-11(6-9)19-7-18-10/h4-6,8,12-13,15H,7H2,1-3H3. The molecule has 2 unspecified atom stereocenters. The van der Waals surface area contributed by atoms with Crippen LogP contribution in [-0.2, 0) is 9.53 Å². The average molecular weight is 266 g/mol. The maximum absolute atomic E-state index is 11.8. The Labute approximate surface area is 112 Å². The van der Waals surface area contributed by atoms with E-state index in [9.17, 15) is 9.90 Å². The van der Waals surface area contributed by atoms with Gasteiger partial charge in [-0.1, -0.05) is 19.9 Å². The van der Waals surface area contributed by atoms with Crippen LogP contribution >= 0.6 is 0 Å². The summed E-state index contributed by atoms with van der Waals surface area (Å²) >= 11 is 0. The van der Waals surface area contributed by atoms with Crippen LogP contribution in [0.1, 0.15) is 25.5 Å². The molecule has 5 heteroatoms. The molecule has 0 aliphatic carbocycles. The minimum absolute atomic E-state index is 0.0344. The maximum atomic E-state index is 11.8. The molecular weight excluding hydrogens is 248 g/mol. The Balaban J connectivity index is 2.26. The summed E-state index contributed by atoms with van der Waals surface area (Å²) in [5, 5.41) is 10.4. The highest BCUT2D eigenvalue weighted by molar-refractivity contribution is 5.73. The Hall–Kier alpha value is -1.75. The van der Waals surface area contributed by atoms with Gasteiger partial charge in [-0.3, -0.25) is 4.79 Å². The van der Waals surface area contributed by atoms with Gasteiger partial charge in [0.25, 0.3) is 0 Å². The van der Waals surface area contributed by atoms with Crippen LogP contribution in [0.4, 0.5) is 0 Å². The first kappa shape index (κ1) is 13.7. The van der Waals surface area contributed by atoms with Crippen LogP contribution in [0, 0.1) is 11.8 Å². The lowest BCUT2D eigenvalue weighted by molar-refractivity contribution is -0.152. The molecule has 1 aliphatic rings. The second kappa shape index (κ2) is 5.48. The van der Waals surface area contributed by atoms with Crippen molar-refractivity contribution < 1.29 is 24.1 Å². The van der Waals surface area contributed by atoms with E-state index in [0.717, 1.165) is 0 Å². The molecule has 0 fully saturated rings. The summed E-state index contributed by atoms with van der Waals surface area (Å²) in [5.41, 5.74) is 0.619. The molecule has 1 aromatic rings. The minimum Gasteiger partial charge on any atom is -0.469 e. The van der Waals surface area contributed by atoms with Crippen LogP contribution in [-0.4, -0.2) is 25.0 Å². The lowest BCUT2D eigenvalue weighted by Gasteiger charge is -2.24. The van der Waals surface area contributed by atoms with Gasteiger partial charge in [0.1, 0.15) is 0 Å². The lowest BCUT2D eigenvalue weighted by Crippen LogP contribution is -2.28. The number of hydrogen-bond acceptors (Lipinski definition) is 5. The molecule has 19 heavy (non-hydrogen) atoms. The van der Waals surface area contributed by atoms with Gasteiger partial charge >= 0.3 is 5.97 Å². The molecule has 0 saturated heterocycles. The molecule has 0 bridgehead atoms. The number of carbonyl (C=O) groups excluding carboxylic acids is 1. The second-order valence-corrected chi connectivity index (χ2v) is 4.85. The van der Waals surface area contributed by atoms with Gasteiger partial charge in [0.05, 0.1) is 19.1 Å². The van der Waals surface area contributed by atoms with Gasteiger partial charge in [-0.2, -0.15) is 0 Å². The first-order chi connectivity index (χ1) is 9.04. The molecule has 1 heterocycles. The van der Waals surface area contributed by atoms with Gasteiger partial charge in [-0.15, -0.1) is 0 Å². The largest absolute Gasteiger partial charge is 0.469 e. The zero-order valence-corrected chi connectivity index (χ0v) is 11.3. The summed E-state index contributed by atoms with van der Waals surface area (Å²) in [6.45, 7) is 3.93. The fourth-order valence-corrected chi connectivity index (χ4v) is 2.21. The Bertz CT molecular complexity index is 469. The third kappa shape index (κ3) is 2.66. The van der Waals surface area contributed by atoms with Crippen LogP contribution < -0.4 is 9.47 Å². The number of ether oxygens (including phenoxy) is 3. The zero-order valence-electron chi connectivity index (χ0n) is 11.3. The topological polar surface area (TPSA) is 65.0 Å². The number of esters is 1. The fraction of sp³-hybridized carbons (Fsp3) is 0.500. The van der Waals surface area contributed by atoms with E-state index < -0.39 is 18.0 Å². The number of aliphatic hydroxyl groups is 1. The molecule has 1 aliphatic heterocycles. The Morgan fingerprint density at radius 2 is 2.00 bits per heavy atom. The van der Waals surface area contributed by atoms with Gasteiger partial charge in [0.2, 0.25) is 6.79 Å². The van der Waals surface area contributed by atoms with E-state index in [1.807, 2.05) is 13.8 Å². The van der Waals surface area contributed by atoms with E-state index >= 15 is 0 Å². The van der Waals surface area contributed by atoms with Crippen molar-refractivity contribution in [2.24, 2.45) is 11.8 Å². The van der Waals surface area contributed by atoms with Gasteiger partial charge in [0, 0.05) is 0 Å². The third-order valence-electron chi connectivity index (χ3n) is 3.27. The molecule has 0 radical (unpaired) electrons. The molecule has 1 N–H and O–H groups in total. The van der Waals surface area contributed by atoms with Crippen molar-refractivity contribution in [2.45, 2.75) is 20.0 Å². The van der Waals surface area contributed by atoms with Crippen LogP contribution in [0.15, 0.2) is 18.2 Å². The number of fused-ring (bicyclic) bond motifs is 1. The van der Waals surface area contributed by atoms with Gasteiger partial charge in [0.15, 0.2) is 11.5 Å². The lowest BCUT2D eigenvalue weighted by atomic mass is 9.86. The molecule has 1 aromatic carbocycles. The van der Waals surface area contributed by atoms with Crippen molar-refractivity contribution in [1.29, 1.82) is 0 Å². The van der Waals surface area contributed by atoms with E-state index in [1.165, 1.54) is 7.11 Å². The van der Waals surface area contributed by atoms with Crippen LogP contribution in [0.3, 0.4) is 0 Å². The first-order valence-corrected chi connectivity index (χ1v) is 6.20.